The lowest BCUT2D eigenvalue weighted by Gasteiger charge is -2.32. The predicted octanol–water partition coefficient (Wildman–Crippen LogP) is 5.59. The summed E-state index contributed by atoms with van der Waals surface area (Å²) in [6.07, 6.45) is 3.81. The fourth-order valence-corrected chi connectivity index (χ4v) is 5.53. The minimum atomic E-state index is 0.421. The smallest absolute Gasteiger partial charge is 0.0495 e. The fourth-order valence-electron chi connectivity index (χ4n) is 3.49. The fraction of sp³-hybridized carbons (Fsp3) is 0.444. The molecule has 1 aromatic carbocycles. The van der Waals surface area contributed by atoms with Crippen molar-refractivity contribution in [1.82, 2.24) is 5.32 Å². The molecule has 1 N–H and O–H groups in total. The number of halogens is 1. The van der Waals surface area contributed by atoms with E-state index in [2.05, 4.69) is 65.4 Å². The summed E-state index contributed by atoms with van der Waals surface area (Å²) in [5, 5.41) is 3.74. The van der Waals surface area contributed by atoms with E-state index in [0.29, 0.717) is 12.0 Å². The van der Waals surface area contributed by atoms with Gasteiger partial charge in [0.2, 0.25) is 0 Å². The molecule has 2 atom stereocenters. The number of hydrogen-bond acceptors (Lipinski definition) is 2. The third-order valence-corrected chi connectivity index (χ3v) is 6.41. The highest BCUT2D eigenvalue weighted by Gasteiger charge is 2.30. The topological polar surface area (TPSA) is 12.0 Å². The normalized spacial score (nSPS) is 19.3. The lowest BCUT2D eigenvalue weighted by Crippen LogP contribution is -2.28. The summed E-state index contributed by atoms with van der Waals surface area (Å²) in [7, 11) is 0. The molecule has 1 nitrogen and oxygen atoms in total. The van der Waals surface area contributed by atoms with Crippen LogP contribution < -0.4 is 5.32 Å². The van der Waals surface area contributed by atoms with Gasteiger partial charge in [0.25, 0.3) is 0 Å². The molecule has 1 aliphatic rings. The Hall–Kier alpha value is -0.640. The lowest BCUT2D eigenvalue weighted by molar-refractivity contribution is 0.413. The number of hydrogen-bond donors (Lipinski definition) is 1. The Labute approximate surface area is 139 Å². The first kappa shape index (κ1) is 15.3. The summed E-state index contributed by atoms with van der Waals surface area (Å²) in [6.45, 7) is 5.40. The van der Waals surface area contributed by atoms with Crippen LogP contribution in [0.5, 0.6) is 0 Å². The Bertz CT molecular complexity index is 619. The predicted molar refractivity (Wildman–Crippen MR) is 95.3 cm³/mol. The van der Waals surface area contributed by atoms with Gasteiger partial charge in [0, 0.05) is 26.2 Å². The number of fused-ring (bicyclic) bond motifs is 1. The molecule has 21 heavy (non-hydrogen) atoms. The third-order valence-electron chi connectivity index (χ3n) is 4.36. The molecule has 0 aliphatic heterocycles. The van der Waals surface area contributed by atoms with Crippen molar-refractivity contribution < 1.29 is 0 Å². The molecule has 0 radical (unpaired) electrons. The highest BCUT2D eigenvalue weighted by Crippen LogP contribution is 2.44. The Kier molecular flexibility index (Phi) is 4.82. The van der Waals surface area contributed by atoms with E-state index in [0.717, 1.165) is 6.54 Å². The van der Waals surface area contributed by atoms with Gasteiger partial charge in [-0.2, -0.15) is 0 Å². The van der Waals surface area contributed by atoms with Gasteiger partial charge in [0.1, 0.15) is 0 Å². The van der Waals surface area contributed by atoms with Crippen LogP contribution in [0.3, 0.4) is 0 Å². The first-order chi connectivity index (χ1) is 10.2. The Morgan fingerprint density at radius 2 is 2.19 bits per heavy atom. The van der Waals surface area contributed by atoms with Gasteiger partial charge < -0.3 is 5.32 Å². The van der Waals surface area contributed by atoms with Crippen LogP contribution >= 0.6 is 27.3 Å². The average molecular weight is 364 g/mol. The molecule has 1 aliphatic carbocycles. The SMILES string of the molecule is CCNC(c1sc(C)cc1Br)C1CCCc2ccccc21. The molecular formula is C18H22BrNS. The van der Waals surface area contributed by atoms with Crippen LogP contribution in [0.2, 0.25) is 0 Å². The van der Waals surface area contributed by atoms with E-state index >= 15 is 0 Å². The summed E-state index contributed by atoms with van der Waals surface area (Å²) in [5.74, 6) is 0.587. The summed E-state index contributed by atoms with van der Waals surface area (Å²) in [6, 6.07) is 11.7. The first-order valence-corrected chi connectivity index (χ1v) is 9.38. The van der Waals surface area contributed by atoms with E-state index in [9.17, 15) is 0 Å². The van der Waals surface area contributed by atoms with Crippen molar-refractivity contribution in [3.63, 3.8) is 0 Å². The van der Waals surface area contributed by atoms with E-state index in [4.69, 9.17) is 0 Å². The lowest BCUT2D eigenvalue weighted by atomic mass is 9.78. The van der Waals surface area contributed by atoms with Crippen LogP contribution in [0.1, 0.15) is 52.6 Å². The number of rotatable bonds is 4. The van der Waals surface area contributed by atoms with Crippen LogP contribution in [0.4, 0.5) is 0 Å². The van der Waals surface area contributed by atoms with Gasteiger partial charge in [-0.1, -0.05) is 31.2 Å². The highest BCUT2D eigenvalue weighted by molar-refractivity contribution is 9.10. The molecule has 1 aromatic heterocycles. The van der Waals surface area contributed by atoms with Crippen molar-refractivity contribution in [3.8, 4) is 0 Å². The standard InChI is InChI=1S/C18H22BrNS/c1-3-20-17(18-16(19)11-12(2)21-18)15-10-6-8-13-7-4-5-9-14(13)15/h4-5,7,9,11,15,17,20H,3,6,8,10H2,1-2H3. The molecule has 0 fully saturated rings. The maximum Gasteiger partial charge on any atom is 0.0495 e. The van der Waals surface area contributed by atoms with Gasteiger partial charge in [-0.05, 0) is 65.9 Å². The zero-order valence-corrected chi connectivity index (χ0v) is 15.1. The van der Waals surface area contributed by atoms with Gasteiger partial charge in [0.15, 0.2) is 0 Å². The van der Waals surface area contributed by atoms with Gasteiger partial charge in [-0.15, -0.1) is 11.3 Å². The van der Waals surface area contributed by atoms with Crippen molar-refractivity contribution in [2.24, 2.45) is 0 Å². The van der Waals surface area contributed by atoms with Crippen molar-refractivity contribution in [3.05, 3.63) is 55.7 Å². The molecule has 0 amide bonds. The minimum Gasteiger partial charge on any atom is -0.309 e. The molecule has 0 saturated heterocycles. The maximum absolute atomic E-state index is 3.76. The van der Waals surface area contributed by atoms with E-state index in [1.807, 2.05) is 11.3 Å². The molecule has 112 valence electrons. The van der Waals surface area contributed by atoms with Gasteiger partial charge in [-0.25, -0.2) is 0 Å². The first-order valence-electron chi connectivity index (χ1n) is 7.77. The Balaban J connectivity index is 2.01. The van der Waals surface area contributed by atoms with Crippen molar-refractivity contribution in [2.75, 3.05) is 6.54 Å². The van der Waals surface area contributed by atoms with E-state index < -0.39 is 0 Å². The summed E-state index contributed by atoms with van der Waals surface area (Å²) in [5.41, 5.74) is 3.09. The Morgan fingerprint density at radius 3 is 2.90 bits per heavy atom. The van der Waals surface area contributed by atoms with Crippen LogP contribution in [-0.4, -0.2) is 6.54 Å². The highest BCUT2D eigenvalue weighted by atomic mass is 79.9. The second-order valence-corrected chi connectivity index (χ2v) is 7.94. The van der Waals surface area contributed by atoms with Gasteiger partial charge >= 0.3 is 0 Å². The molecule has 3 rings (SSSR count). The molecular weight excluding hydrogens is 342 g/mol. The van der Waals surface area contributed by atoms with Crippen molar-refractivity contribution in [1.29, 1.82) is 0 Å². The minimum absolute atomic E-state index is 0.421. The third kappa shape index (κ3) is 3.10. The van der Waals surface area contributed by atoms with Crippen LogP contribution in [0.15, 0.2) is 34.8 Å². The number of benzene rings is 1. The molecule has 2 aromatic rings. The second-order valence-electron chi connectivity index (χ2n) is 5.80. The van der Waals surface area contributed by atoms with E-state index in [1.165, 1.54) is 33.5 Å². The van der Waals surface area contributed by atoms with Crippen molar-refractivity contribution >= 4 is 27.3 Å². The van der Waals surface area contributed by atoms with Crippen LogP contribution in [-0.2, 0) is 6.42 Å². The summed E-state index contributed by atoms with van der Waals surface area (Å²) >= 11 is 5.69. The summed E-state index contributed by atoms with van der Waals surface area (Å²) in [4.78, 5) is 2.83. The number of thiophene rings is 1. The van der Waals surface area contributed by atoms with Crippen LogP contribution in [0, 0.1) is 6.92 Å². The molecule has 1 heterocycles. The summed E-state index contributed by atoms with van der Waals surface area (Å²) < 4.78 is 1.26. The Morgan fingerprint density at radius 1 is 1.38 bits per heavy atom. The molecule has 0 spiro atoms. The molecule has 3 heteroatoms. The zero-order chi connectivity index (χ0) is 14.8. The number of nitrogens with one attached hydrogen (secondary N) is 1. The molecule has 2 unspecified atom stereocenters. The second kappa shape index (κ2) is 6.64. The van der Waals surface area contributed by atoms with Gasteiger partial charge in [-0.3, -0.25) is 0 Å². The molecule has 0 saturated carbocycles. The number of likely N-dealkylation sites (N-methyl/N-ethyl adjacent to an activating group) is 1. The van der Waals surface area contributed by atoms with Crippen molar-refractivity contribution in [2.45, 2.75) is 45.1 Å². The zero-order valence-electron chi connectivity index (χ0n) is 12.7. The van der Waals surface area contributed by atoms with E-state index in [-0.39, 0.29) is 0 Å². The van der Waals surface area contributed by atoms with E-state index in [1.54, 1.807) is 11.1 Å². The van der Waals surface area contributed by atoms with Gasteiger partial charge in [0.05, 0.1) is 0 Å². The van der Waals surface area contributed by atoms with Crippen LogP contribution in [0.25, 0.3) is 0 Å². The largest absolute Gasteiger partial charge is 0.309 e. The monoisotopic (exact) mass is 363 g/mol. The average Bonchev–Trinajstić information content (AvgIpc) is 2.83. The molecule has 0 bridgehead atoms. The number of aryl methyl sites for hydroxylation is 2. The maximum atomic E-state index is 3.76. The quantitative estimate of drug-likeness (QED) is 0.746.